The lowest BCUT2D eigenvalue weighted by atomic mass is 10.1. The molecular weight excluding hydrogens is 345 g/mol. The number of ether oxygens (including phenoxy) is 1. The minimum atomic E-state index is -0.379. The van der Waals surface area contributed by atoms with Crippen LogP contribution in [0.15, 0.2) is 48.5 Å². The van der Waals surface area contributed by atoms with E-state index in [4.69, 9.17) is 9.84 Å². The highest BCUT2D eigenvalue weighted by Gasteiger charge is 2.27. The van der Waals surface area contributed by atoms with E-state index >= 15 is 0 Å². The topological polar surface area (TPSA) is 47.4 Å². The first-order chi connectivity index (χ1) is 13.1. The molecule has 5 nitrogen and oxygen atoms in total. The molecule has 3 aromatic rings. The van der Waals surface area contributed by atoms with Gasteiger partial charge in [-0.2, -0.15) is 5.10 Å². The molecule has 6 heteroatoms. The standard InChI is InChI=1S/C21H20FN3O2/c1-24-12-17-19(13-24)23-25(20(17)16-8-3-4-9-18(16)22)11-14-6-5-7-15(10-14)21(26)27-2/h3-10H,11-13H2,1-2H3. The molecule has 0 N–H and O–H groups in total. The lowest BCUT2D eigenvalue weighted by molar-refractivity contribution is 0.0600. The molecule has 0 atom stereocenters. The summed E-state index contributed by atoms with van der Waals surface area (Å²) in [4.78, 5) is 14.0. The van der Waals surface area contributed by atoms with Crippen molar-refractivity contribution >= 4 is 5.97 Å². The second kappa shape index (κ2) is 6.96. The number of benzene rings is 2. The Hall–Kier alpha value is -2.99. The number of halogens is 1. The van der Waals surface area contributed by atoms with Gasteiger partial charge in [-0.3, -0.25) is 9.58 Å². The van der Waals surface area contributed by atoms with Crippen LogP contribution in [0.25, 0.3) is 11.3 Å². The van der Waals surface area contributed by atoms with Crippen LogP contribution in [0.3, 0.4) is 0 Å². The van der Waals surface area contributed by atoms with Gasteiger partial charge in [0.1, 0.15) is 5.82 Å². The lowest BCUT2D eigenvalue weighted by Gasteiger charge is -2.13. The summed E-state index contributed by atoms with van der Waals surface area (Å²) in [6, 6.07) is 14.0. The Morgan fingerprint density at radius 3 is 2.78 bits per heavy atom. The lowest BCUT2D eigenvalue weighted by Crippen LogP contribution is -2.13. The molecule has 2 heterocycles. The van der Waals surface area contributed by atoms with Gasteiger partial charge in [-0.1, -0.05) is 24.3 Å². The molecule has 0 fully saturated rings. The first-order valence-electron chi connectivity index (χ1n) is 8.76. The van der Waals surface area contributed by atoms with E-state index in [1.54, 1.807) is 24.3 Å². The van der Waals surface area contributed by atoms with Crippen LogP contribution in [-0.2, 0) is 24.4 Å². The molecule has 27 heavy (non-hydrogen) atoms. The van der Waals surface area contributed by atoms with Crippen molar-refractivity contribution in [2.24, 2.45) is 0 Å². The number of carbonyl (C=O) groups is 1. The molecular formula is C21H20FN3O2. The first-order valence-corrected chi connectivity index (χ1v) is 8.76. The van der Waals surface area contributed by atoms with Crippen LogP contribution < -0.4 is 0 Å². The van der Waals surface area contributed by atoms with Gasteiger partial charge in [-0.05, 0) is 36.9 Å². The minimum Gasteiger partial charge on any atom is -0.465 e. The molecule has 1 aliphatic rings. The van der Waals surface area contributed by atoms with Crippen molar-refractivity contribution in [2.45, 2.75) is 19.6 Å². The number of nitrogens with zero attached hydrogens (tertiary/aromatic N) is 3. The molecule has 0 saturated carbocycles. The highest BCUT2D eigenvalue weighted by atomic mass is 19.1. The summed E-state index contributed by atoms with van der Waals surface area (Å²) >= 11 is 0. The monoisotopic (exact) mass is 365 g/mol. The Labute approximate surface area is 157 Å². The molecule has 0 unspecified atom stereocenters. The Bertz CT molecular complexity index is 1010. The number of aromatic nitrogens is 2. The van der Waals surface area contributed by atoms with Gasteiger partial charge in [0, 0.05) is 24.2 Å². The molecule has 138 valence electrons. The van der Waals surface area contributed by atoms with Crippen molar-refractivity contribution < 1.29 is 13.9 Å². The van der Waals surface area contributed by atoms with Gasteiger partial charge in [-0.25, -0.2) is 9.18 Å². The number of hydrogen-bond donors (Lipinski definition) is 0. The highest BCUT2D eigenvalue weighted by molar-refractivity contribution is 5.89. The number of methoxy groups -OCH3 is 1. The summed E-state index contributed by atoms with van der Waals surface area (Å²) in [5.74, 6) is -0.643. The third kappa shape index (κ3) is 3.24. The second-order valence-electron chi connectivity index (χ2n) is 6.78. The number of fused-ring (bicyclic) bond motifs is 1. The summed E-state index contributed by atoms with van der Waals surface area (Å²) < 4.78 is 21.2. The largest absolute Gasteiger partial charge is 0.465 e. The summed E-state index contributed by atoms with van der Waals surface area (Å²) in [5, 5.41) is 4.74. The predicted octanol–water partition coefficient (Wildman–Crippen LogP) is 3.47. The minimum absolute atomic E-state index is 0.265. The first kappa shape index (κ1) is 17.4. The van der Waals surface area contributed by atoms with Crippen molar-refractivity contribution in [3.8, 4) is 11.3 Å². The molecule has 2 aromatic carbocycles. The fourth-order valence-electron chi connectivity index (χ4n) is 3.58. The van der Waals surface area contributed by atoms with E-state index in [0.717, 1.165) is 35.6 Å². The number of esters is 1. The van der Waals surface area contributed by atoms with Crippen molar-refractivity contribution in [3.63, 3.8) is 0 Å². The highest BCUT2D eigenvalue weighted by Crippen LogP contribution is 2.34. The van der Waals surface area contributed by atoms with Gasteiger partial charge in [0.2, 0.25) is 0 Å². The number of rotatable bonds is 4. The van der Waals surface area contributed by atoms with E-state index in [-0.39, 0.29) is 11.8 Å². The molecule has 0 saturated heterocycles. The van der Waals surface area contributed by atoms with E-state index in [1.807, 2.05) is 29.9 Å². The van der Waals surface area contributed by atoms with E-state index < -0.39 is 0 Å². The average Bonchev–Trinajstić information content (AvgIpc) is 3.17. The van der Waals surface area contributed by atoms with Crippen LogP contribution in [0.2, 0.25) is 0 Å². The number of carbonyl (C=O) groups excluding carboxylic acids is 1. The second-order valence-corrected chi connectivity index (χ2v) is 6.78. The van der Waals surface area contributed by atoms with Crippen LogP contribution in [0.4, 0.5) is 4.39 Å². The van der Waals surface area contributed by atoms with Crippen molar-refractivity contribution in [1.82, 2.24) is 14.7 Å². The van der Waals surface area contributed by atoms with Crippen LogP contribution in [0, 0.1) is 5.82 Å². The Kier molecular flexibility index (Phi) is 4.49. The van der Waals surface area contributed by atoms with Gasteiger partial charge < -0.3 is 4.74 Å². The van der Waals surface area contributed by atoms with E-state index in [0.29, 0.717) is 17.7 Å². The zero-order valence-corrected chi connectivity index (χ0v) is 15.3. The smallest absolute Gasteiger partial charge is 0.337 e. The maximum absolute atomic E-state index is 14.5. The fraction of sp³-hybridized carbons (Fsp3) is 0.238. The molecule has 0 aliphatic carbocycles. The summed E-state index contributed by atoms with van der Waals surface area (Å²) in [7, 11) is 3.39. The molecule has 0 spiro atoms. The molecule has 0 bridgehead atoms. The van der Waals surface area contributed by atoms with E-state index in [9.17, 15) is 9.18 Å². The van der Waals surface area contributed by atoms with E-state index in [2.05, 4.69) is 4.90 Å². The van der Waals surface area contributed by atoms with Gasteiger partial charge in [0.25, 0.3) is 0 Å². The predicted molar refractivity (Wildman–Crippen MR) is 99.7 cm³/mol. The Morgan fingerprint density at radius 1 is 1.19 bits per heavy atom. The van der Waals surface area contributed by atoms with Crippen LogP contribution in [-0.4, -0.2) is 34.8 Å². The SMILES string of the molecule is COC(=O)c1cccc(Cn2nc3c(c2-c2ccccc2F)CN(C)C3)c1. The van der Waals surface area contributed by atoms with Crippen molar-refractivity contribution in [2.75, 3.05) is 14.2 Å². The molecule has 0 amide bonds. The van der Waals surface area contributed by atoms with Crippen LogP contribution in [0.5, 0.6) is 0 Å². The van der Waals surface area contributed by atoms with Crippen LogP contribution in [0.1, 0.15) is 27.2 Å². The van der Waals surface area contributed by atoms with Gasteiger partial charge >= 0.3 is 5.97 Å². The quantitative estimate of drug-likeness (QED) is 0.664. The Balaban J connectivity index is 1.77. The fourth-order valence-corrected chi connectivity index (χ4v) is 3.58. The summed E-state index contributed by atoms with van der Waals surface area (Å²) in [6.45, 7) is 1.93. The maximum Gasteiger partial charge on any atom is 0.337 e. The Morgan fingerprint density at radius 2 is 2.00 bits per heavy atom. The van der Waals surface area contributed by atoms with Crippen molar-refractivity contribution in [3.05, 3.63) is 76.7 Å². The van der Waals surface area contributed by atoms with Crippen molar-refractivity contribution in [1.29, 1.82) is 0 Å². The molecule has 4 rings (SSSR count). The molecule has 0 radical (unpaired) electrons. The van der Waals surface area contributed by atoms with Gasteiger partial charge in [-0.15, -0.1) is 0 Å². The third-order valence-electron chi connectivity index (χ3n) is 4.79. The zero-order valence-electron chi connectivity index (χ0n) is 15.3. The average molecular weight is 365 g/mol. The van der Waals surface area contributed by atoms with Crippen LogP contribution >= 0.6 is 0 Å². The molecule has 1 aliphatic heterocycles. The van der Waals surface area contributed by atoms with E-state index in [1.165, 1.54) is 13.2 Å². The molecule has 1 aromatic heterocycles. The maximum atomic E-state index is 14.5. The van der Waals surface area contributed by atoms with Gasteiger partial charge in [0.15, 0.2) is 0 Å². The van der Waals surface area contributed by atoms with Gasteiger partial charge in [0.05, 0.1) is 30.6 Å². The normalized spacial score (nSPS) is 13.6. The third-order valence-corrected chi connectivity index (χ3v) is 4.79. The zero-order chi connectivity index (χ0) is 19.0. The summed E-state index contributed by atoms with van der Waals surface area (Å²) in [5.41, 5.74) is 4.78. The summed E-state index contributed by atoms with van der Waals surface area (Å²) in [6.07, 6.45) is 0. The number of hydrogen-bond acceptors (Lipinski definition) is 4.